The van der Waals surface area contributed by atoms with E-state index in [0.717, 1.165) is 5.56 Å². The van der Waals surface area contributed by atoms with Crippen molar-refractivity contribution in [1.29, 1.82) is 0 Å². The van der Waals surface area contributed by atoms with Gasteiger partial charge in [0.1, 0.15) is 0 Å². The van der Waals surface area contributed by atoms with Crippen LogP contribution >= 0.6 is 11.6 Å². The molecular weight excluding hydrogens is 328 g/mol. The molecule has 0 bridgehead atoms. The van der Waals surface area contributed by atoms with Gasteiger partial charge in [-0.05, 0) is 47.7 Å². The number of benzene rings is 1. The van der Waals surface area contributed by atoms with Crippen molar-refractivity contribution < 1.29 is 4.79 Å². The lowest BCUT2D eigenvalue weighted by Gasteiger charge is -2.14. The van der Waals surface area contributed by atoms with Gasteiger partial charge in [0.05, 0.1) is 16.8 Å². The van der Waals surface area contributed by atoms with Crippen molar-refractivity contribution in [2.75, 3.05) is 5.32 Å². The summed E-state index contributed by atoms with van der Waals surface area (Å²) in [6.45, 7) is 0. The predicted octanol–water partition coefficient (Wildman–Crippen LogP) is 2.08. The molecule has 0 radical (unpaired) electrons. The second-order valence-corrected chi connectivity index (χ2v) is 5.79. The number of nitrogens with one attached hydrogen (secondary N) is 2. The van der Waals surface area contributed by atoms with Crippen LogP contribution in [-0.4, -0.2) is 21.9 Å². The van der Waals surface area contributed by atoms with Crippen molar-refractivity contribution in [1.82, 2.24) is 9.97 Å². The predicted molar refractivity (Wildman–Crippen MR) is 94.1 cm³/mol. The fourth-order valence-electron chi connectivity index (χ4n) is 2.40. The van der Waals surface area contributed by atoms with E-state index in [1.54, 1.807) is 30.7 Å². The molecule has 24 heavy (non-hydrogen) atoms. The molecule has 0 spiro atoms. The van der Waals surface area contributed by atoms with E-state index in [1.165, 1.54) is 6.07 Å². The summed E-state index contributed by atoms with van der Waals surface area (Å²) in [6.07, 6.45) is 5.23. The molecule has 2 aromatic heterocycles. The molecule has 1 unspecified atom stereocenters. The van der Waals surface area contributed by atoms with Crippen LogP contribution in [0.15, 0.2) is 53.7 Å². The maximum absolute atomic E-state index is 12.3. The van der Waals surface area contributed by atoms with Gasteiger partial charge in [0.15, 0.2) is 0 Å². The number of halogens is 1. The van der Waals surface area contributed by atoms with Gasteiger partial charge in [-0.1, -0.05) is 11.6 Å². The molecule has 1 amide bonds. The third-order valence-corrected chi connectivity index (χ3v) is 3.97. The highest BCUT2D eigenvalue weighted by Crippen LogP contribution is 2.26. The van der Waals surface area contributed by atoms with Gasteiger partial charge in [0.25, 0.3) is 5.56 Å². The Labute approximate surface area is 142 Å². The van der Waals surface area contributed by atoms with Crippen LogP contribution in [0.3, 0.4) is 0 Å². The number of amides is 1. The summed E-state index contributed by atoms with van der Waals surface area (Å²) < 4.78 is 0. The first-order valence-electron chi connectivity index (χ1n) is 7.31. The molecule has 0 aliphatic rings. The van der Waals surface area contributed by atoms with Gasteiger partial charge in [0, 0.05) is 24.0 Å². The van der Waals surface area contributed by atoms with E-state index in [4.69, 9.17) is 17.3 Å². The van der Waals surface area contributed by atoms with E-state index in [-0.39, 0.29) is 16.5 Å². The Morgan fingerprint density at radius 3 is 2.79 bits per heavy atom. The van der Waals surface area contributed by atoms with E-state index in [1.807, 2.05) is 12.1 Å². The third-order valence-electron chi connectivity index (χ3n) is 3.66. The summed E-state index contributed by atoms with van der Waals surface area (Å²) in [5.41, 5.74) is 7.06. The van der Waals surface area contributed by atoms with Crippen molar-refractivity contribution in [2.24, 2.45) is 5.73 Å². The summed E-state index contributed by atoms with van der Waals surface area (Å²) in [5, 5.41) is 4.14. The van der Waals surface area contributed by atoms with E-state index >= 15 is 0 Å². The highest BCUT2D eigenvalue weighted by molar-refractivity contribution is 6.34. The van der Waals surface area contributed by atoms with E-state index in [2.05, 4.69) is 15.3 Å². The Bertz CT molecular complexity index is 940. The first-order valence-corrected chi connectivity index (χ1v) is 7.68. The molecule has 4 N–H and O–H groups in total. The number of hydrogen-bond acceptors (Lipinski definition) is 4. The minimum Gasteiger partial charge on any atom is -0.329 e. The second-order valence-electron chi connectivity index (χ2n) is 5.38. The number of fused-ring (bicyclic) bond motifs is 1. The number of nitrogens with zero attached hydrogens (tertiary/aromatic N) is 1. The zero-order chi connectivity index (χ0) is 17.1. The number of carbonyl (C=O) groups is 1. The molecule has 0 saturated carbocycles. The summed E-state index contributed by atoms with van der Waals surface area (Å²) in [6, 6.07) is 7.81. The number of anilines is 1. The zero-order valence-corrected chi connectivity index (χ0v) is 13.4. The second kappa shape index (κ2) is 6.82. The Balaban J connectivity index is 1.80. The van der Waals surface area contributed by atoms with Gasteiger partial charge in [-0.2, -0.15) is 0 Å². The minimum atomic E-state index is -0.724. The SMILES string of the molecule is NC(Cc1ccncc1)C(=O)Nc1cc2cc[nH]c(=O)c2cc1Cl. The molecule has 1 atom stereocenters. The average molecular weight is 343 g/mol. The highest BCUT2D eigenvalue weighted by Gasteiger charge is 2.16. The van der Waals surface area contributed by atoms with Crippen LogP contribution in [0.1, 0.15) is 5.56 Å². The molecule has 1 aromatic carbocycles. The first kappa shape index (κ1) is 16.2. The Hall–Kier alpha value is -2.70. The third kappa shape index (κ3) is 3.45. The van der Waals surface area contributed by atoms with Gasteiger partial charge < -0.3 is 16.0 Å². The fraction of sp³-hybridized carbons (Fsp3) is 0.118. The molecule has 6 nitrogen and oxygen atoms in total. The number of carbonyl (C=O) groups excluding carboxylic acids is 1. The van der Waals surface area contributed by atoms with E-state index in [0.29, 0.717) is 22.9 Å². The number of hydrogen-bond donors (Lipinski definition) is 3. The molecule has 122 valence electrons. The van der Waals surface area contributed by atoms with Crippen LogP contribution in [0.2, 0.25) is 5.02 Å². The minimum absolute atomic E-state index is 0.235. The van der Waals surface area contributed by atoms with Crippen molar-refractivity contribution in [3.63, 3.8) is 0 Å². The van der Waals surface area contributed by atoms with Gasteiger partial charge in [-0.25, -0.2) is 0 Å². The van der Waals surface area contributed by atoms with Crippen LogP contribution in [-0.2, 0) is 11.2 Å². The molecule has 7 heteroatoms. The standard InChI is InChI=1S/C17H15ClN4O2/c18-13-9-12-11(3-6-21-16(12)23)8-15(13)22-17(24)14(19)7-10-1-4-20-5-2-10/h1-6,8-9,14H,7,19H2,(H,21,23)(H,22,24). The topological polar surface area (TPSA) is 101 Å². The lowest BCUT2D eigenvalue weighted by Crippen LogP contribution is -2.37. The molecule has 0 fully saturated rings. The zero-order valence-electron chi connectivity index (χ0n) is 12.6. The number of H-pyrrole nitrogens is 1. The summed E-state index contributed by atoms with van der Waals surface area (Å²) in [4.78, 5) is 30.5. The number of nitrogens with two attached hydrogens (primary N) is 1. The van der Waals surface area contributed by atoms with E-state index < -0.39 is 6.04 Å². The van der Waals surface area contributed by atoms with E-state index in [9.17, 15) is 9.59 Å². The monoisotopic (exact) mass is 342 g/mol. The number of aromatic nitrogens is 2. The van der Waals surface area contributed by atoms with Crippen LogP contribution in [0.5, 0.6) is 0 Å². The Kier molecular flexibility index (Phi) is 4.59. The smallest absolute Gasteiger partial charge is 0.255 e. The van der Waals surface area contributed by atoms with Crippen LogP contribution in [0, 0.1) is 0 Å². The summed E-state index contributed by atoms with van der Waals surface area (Å²) in [5.74, 6) is -0.349. The van der Waals surface area contributed by atoms with Crippen LogP contribution in [0.4, 0.5) is 5.69 Å². The van der Waals surface area contributed by atoms with Crippen molar-refractivity contribution in [3.8, 4) is 0 Å². The summed E-state index contributed by atoms with van der Waals surface area (Å²) >= 11 is 6.17. The average Bonchev–Trinajstić information content (AvgIpc) is 2.57. The number of pyridine rings is 2. The van der Waals surface area contributed by atoms with Gasteiger partial charge >= 0.3 is 0 Å². The van der Waals surface area contributed by atoms with Crippen molar-refractivity contribution in [2.45, 2.75) is 12.5 Å². The lowest BCUT2D eigenvalue weighted by atomic mass is 10.1. The van der Waals surface area contributed by atoms with Crippen LogP contribution in [0.25, 0.3) is 10.8 Å². The van der Waals surface area contributed by atoms with Crippen molar-refractivity contribution >= 4 is 34.0 Å². The van der Waals surface area contributed by atoms with Gasteiger partial charge in [0.2, 0.25) is 5.91 Å². The summed E-state index contributed by atoms with van der Waals surface area (Å²) in [7, 11) is 0. The quantitative estimate of drug-likeness (QED) is 0.675. The molecule has 3 rings (SSSR count). The van der Waals surface area contributed by atoms with Gasteiger partial charge in [-0.15, -0.1) is 0 Å². The molecule has 0 saturated heterocycles. The van der Waals surface area contributed by atoms with Gasteiger partial charge in [-0.3, -0.25) is 14.6 Å². The normalized spacial score (nSPS) is 12.1. The Morgan fingerprint density at radius 1 is 1.29 bits per heavy atom. The van der Waals surface area contributed by atoms with Crippen molar-refractivity contribution in [3.05, 3.63) is 69.9 Å². The molecule has 0 aliphatic carbocycles. The number of aromatic amines is 1. The molecule has 3 aromatic rings. The largest absolute Gasteiger partial charge is 0.329 e. The number of rotatable bonds is 4. The lowest BCUT2D eigenvalue weighted by molar-refractivity contribution is -0.117. The fourth-order valence-corrected chi connectivity index (χ4v) is 2.61. The molecular formula is C17H15ClN4O2. The highest BCUT2D eigenvalue weighted by atomic mass is 35.5. The molecule has 2 heterocycles. The maximum Gasteiger partial charge on any atom is 0.255 e. The maximum atomic E-state index is 12.3. The molecule has 0 aliphatic heterocycles. The van der Waals surface area contributed by atoms with Crippen LogP contribution < -0.4 is 16.6 Å². The first-order chi connectivity index (χ1) is 11.5. The Morgan fingerprint density at radius 2 is 2.04 bits per heavy atom.